The summed E-state index contributed by atoms with van der Waals surface area (Å²) in [5, 5.41) is 0. The third-order valence-corrected chi connectivity index (χ3v) is 3.17. The summed E-state index contributed by atoms with van der Waals surface area (Å²) in [6.07, 6.45) is 1.18. The standard InChI is InChI=1S/C9H16BrNO/c1-8-3-4-11(5-6-12-2)7-9(8)10/h3-7H2,1-2H3. The predicted octanol–water partition coefficient (Wildman–Crippen LogP) is 2.01. The molecule has 0 bridgehead atoms. The van der Waals surface area contributed by atoms with Crippen molar-refractivity contribution in [2.75, 3.05) is 33.4 Å². The summed E-state index contributed by atoms with van der Waals surface area (Å²) in [4.78, 5) is 2.40. The van der Waals surface area contributed by atoms with E-state index in [4.69, 9.17) is 4.74 Å². The number of ether oxygens (including phenoxy) is 1. The number of methoxy groups -OCH3 is 1. The van der Waals surface area contributed by atoms with Crippen molar-refractivity contribution in [1.29, 1.82) is 0 Å². The quantitative estimate of drug-likeness (QED) is 0.740. The lowest BCUT2D eigenvalue weighted by molar-refractivity contribution is 0.152. The molecule has 1 aliphatic heterocycles. The second-order valence-corrected chi connectivity index (χ2v) is 4.16. The van der Waals surface area contributed by atoms with Gasteiger partial charge in [0.25, 0.3) is 0 Å². The monoisotopic (exact) mass is 233 g/mol. The summed E-state index contributed by atoms with van der Waals surface area (Å²) >= 11 is 3.58. The molecule has 0 saturated carbocycles. The third kappa shape index (κ3) is 2.88. The molecule has 0 aromatic carbocycles. The molecule has 0 spiro atoms. The fourth-order valence-electron chi connectivity index (χ4n) is 1.28. The summed E-state index contributed by atoms with van der Waals surface area (Å²) < 4.78 is 6.39. The molecule has 1 rings (SSSR count). The Morgan fingerprint density at radius 1 is 1.58 bits per heavy atom. The molecule has 2 nitrogen and oxygen atoms in total. The first-order chi connectivity index (χ1) is 5.74. The summed E-state index contributed by atoms with van der Waals surface area (Å²) in [5.74, 6) is 0. The molecule has 0 unspecified atom stereocenters. The fourth-order valence-corrected chi connectivity index (χ4v) is 1.84. The van der Waals surface area contributed by atoms with Crippen molar-refractivity contribution in [3.05, 3.63) is 10.1 Å². The molecule has 1 heterocycles. The Morgan fingerprint density at radius 2 is 2.33 bits per heavy atom. The van der Waals surface area contributed by atoms with Crippen LogP contribution in [0.2, 0.25) is 0 Å². The van der Waals surface area contributed by atoms with Gasteiger partial charge in [0.15, 0.2) is 0 Å². The van der Waals surface area contributed by atoms with Gasteiger partial charge in [-0.1, -0.05) is 21.5 Å². The fraction of sp³-hybridized carbons (Fsp3) is 0.778. The van der Waals surface area contributed by atoms with E-state index in [0.717, 1.165) is 19.7 Å². The lowest BCUT2D eigenvalue weighted by atomic mass is 10.1. The van der Waals surface area contributed by atoms with Crippen molar-refractivity contribution in [1.82, 2.24) is 4.90 Å². The van der Waals surface area contributed by atoms with Crippen molar-refractivity contribution in [2.45, 2.75) is 13.3 Å². The average Bonchev–Trinajstić information content (AvgIpc) is 2.07. The topological polar surface area (TPSA) is 12.5 Å². The van der Waals surface area contributed by atoms with E-state index in [1.54, 1.807) is 7.11 Å². The van der Waals surface area contributed by atoms with Crippen LogP contribution >= 0.6 is 15.9 Å². The summed E-state index contributed by atoms with van der Waals surface area (Å²) in [5.41, 5.74) is 1.49. The second kappa shape index (κ2) is 5.00. The average molecular weight is 234 g/mol. The highest BCUT2D eigenvalue weighted by molar-refractivity contribution is 9.11. The Morgan fingerprint density at radius 3 is 2.92 bits per heavy atom. The van der Waals surface area contributed by atoms with Crippen LogP contribution in [0.1, 0.15) is 13.3 Å². The second-order valence-electron chi connectivity index (χ2n) is 3.20. The zero-order chi connectivity index (χ0) is 8.97. The van der Waals surface area contributed by atoms with E-state index in [1.807, 2.05) is 0 Å². The highest BCUT2D eigenvalue weighted by atomic mass is 79.9. The van der Waals surface area contributed by atoms with Crippen molar-refractivity contribution >= 4 is 15.9 Å². The highest BCUT2D eigenvalue weighted by Gasteiger charge is 2.13. The Bertz CT molecular complexity index is 179. The van der Waals surface area contributed by atoms with E-state index in [-0.39, 0.29) is 0 Å². The van der Waals surface area contributed by atoms with Crippen LogP contribution in [0.4, 0.5) is 0 Å². The summed E-state index contributed by atoms with van der Waals surface area (Å²) in [7, 11) is 1.75. The first-order valence-corrected chi connectivity index (χ1v) is 5.08. The van der Waals surface area contributed by atoms with Gasteiger partial charge in [0.05, 0.1) is 6.61 Å². The number of halogens is 1. The number of rotatable bonds is 3. The van der Waals surface area contributed by atoms with Crippen LogP contribution in [0, 0.1) is 0 Å². The van der Waals surface area contributed by atoms with E-state index in [9.17, 15) is 0 Å². The van der Waals surface area contributed by atoms with Crippen LogP contribution in [-0.2, 0) is 4.74 Å². The lowest BCUT2D eigenvalue weighted by Gasteiger charge is -2.27. The minimum atomic E-state index is 0.833. The van der Waals surface area contributed by atoms with Crippen LogP contribution < -0.4 is 0 Å². The molecule has 3 heteroatoms. The van der Waals surface area contributed by atoms with Gasteiger partial charge in [0.2, 0.25) is 0 Å². The zero-order valence-electron chi connectivity index (χ0n) is 7.77. The van der Waals surface area contributed by atoms with Crippen molar-refractivity contribution in [3.63, 3.8) is 0 Å². The van der Waals surface area contributed by atoms with Crippen molar-refractivity contribution < 1.29 is 4.74 Å². The van der Waals surface area contributed by atoms with Gasteiger partial charge >= 0.3 is 0 Å². The van der Waals surface area contributed by atoms with E-state index in [0.29, 0.717) is 0 Å². The van der Waals surface area contributed by atoms with Crippen molar-refractivity contribution in [3.8, 4) is 0 Å². The van der Waals surface area contributed by atoms with Gasteiger partial charge < -0.3 is 4.74 Å². The molecule has 0 atom stereocenters. The van der Waals surface area contributed by atoms with Crippen LogP contribution in [0.25, 0.3) is 0 Å². The first-order valence-electron chi connectivity index (χ1n) is 4.29. The third-order valence-electron chi connectivity index (χ3n) is 2.24. The van der Waals surface area contributed by atoms with Crippen LogP contribution in [0.3, 0.4) is 0 Å². The van der Waals surface area contributed by atoms with E-state index < -0.39 is 0 Å². The van der Waals surface area contributed by atoms with Crippen LogP contribution in [0.15, 0.2) is 10.1 Å². The molecule has 0 N–H and O–H groups in total. The molecule has 12 heavy (non-hydrogen) atoms. The van der Waals surface area contributed by atoms with E-state index in [1.165, 1.54) is 23.0 Å². The molecule has 0 aromatic heterocycles. The number of hydrogen-bond donors (Lipinski definition) is 0. The number of hydrogen-bond acceptors (Lipinski definition) is 2. The van der Waals surface area contributed by atoms with Gasteiger partial charge in [0, 0.05) is 31.2 Å². The van der Waals surface area contributed by atoms with E-state index in [2.05, 4.69) is 27.8 Å². The normalized spacial score (nSPS) is 20.2. The smallest absolute Gasteiger partial charge is 0.0589 e. The molecule has 0 saturated heterocycles. The maximum atomic E-state index is 5.03. The Kier molecular flexibility index (Phi) is 4.26. The van der Waals surface area contributed by atoms with Gasteiger partial charge in [0.1, 0.15) is 0 Å². The summed E-state index contributed by atoms with van der Waals surface area (Å²) in [6.45, 7) is 6.29. The SMILES string of the molecule is COCCN1CCC(C)=C(Br)C1. The van der Waals surface area contributed by atoms with Gasteiger partial charge in [-0.15, -0.1) is 0 Å². The van der Waals surface area contributed by atoms with Gasteiger partial charge in [-0.25, -0.2) is 0 Å². The lowest BCUT2D eigenvalue weighted by Crippen LogP contribution is -2.32. The molecule has 70 valence electrons. The molecule has 0 aliphatic carbocycles. The molecule has 1 aliphatic rings. The molecule has 0 fully saturated rings. The van der Waals surface area contributed by atoms with Gasteiger partial charge in [-0.2, -0.15) is 0 Å². The molecular weight excluding hydrogens is 218 g/mol. The molecular formula is C9H16BrNO. The Labute approximate surface area is 82.7 Å². The highest BCUT2D eigenvalue weighted by Crippen LogP contribution is 2.21. The van der Waals surface area contributed by atoms with Gasteiger partial charge in [-0.3, -0.25) is 4.90 Å². The largest absolute Gasteiger partial charge is 0.383 e. The number of nitrogens with zero attached hydrogens (tertiary/aromatic N) is 1. The molecule has 0 amide bonds. The van der Waals surface area contributed by atoms with Crippen LogP contribution in [-0.4, -0.2) is 38.3 Å². The first kappa shape index (κ1) is 10.2. The minimum absolute atomic E-state index is 0.833. The zero-order valence-corrected chi connectivity index (χ0v) is 9.35. The Hall–Kier alpha value is 0.140. The van der Waals surface area contributed by atoms with Crippen LogP contribution in [0.5, 0.6) is 0 Å². The maximum Gasteiger partial charge on any atom is 0.0589 e. The van der Waals surface area contributed by atoms with Crippen molar-refractivity contribution in [2.24, 2.45) is 0 Å². The minimum Gasteiger partial charge on any atom is -0.383 e. The molecule has 0 radical (unpaired) electrons. The predicted molar refractivity (Wildman–Crippen MR) is 54.6 cm³/mol. The molecule has 0 aromatic rings. The maximum absolute atomic E-state index is 5.03. The Balaban J connectivity index is 2.33. The van der Waals surface area contributed by atoms with E-state index >= 15 is 0 Å². The summed E-state index contributed by atoms with van der Waals surface area (Å²) in [6, 6.07) is 0. The van der Waals surface area contributed by atoms with Gasteiger partial charge in [-0.05, 0) is 13.3 Å².